The Morgan fingerprint density at radius 1 is 1.22 bits per heavy atom. The van der Waals surface area contributed by atoms with E-state index in [1.165, 1.54) is 27.8 Å². The van der Waals surface area contributed by atoms with Gasteiger partial charge in [-0.05, 0) is 60.7 Å². The van der Waals surface area contributed by atoms with Gasteiger partial charge < -0.3 is 0 Å². The number of carbonyl (C=O) groups is 1. The lowest BCUT2D eigenvalue weighted by Gasteiger charge is -2.42. The molecule has 1 aromatic carbocycles. The molecule has 1 heterocycles. The molecule has 2 rings (SSSR count). The number of sulfonamides is 1. The van der Waals surface area contributed by atoms with Crippen LogP contribution in [0.25, 0.3) is 0 Å². The molecule has 1 fully saturated rings. The van der Waals surface area contributed by atoms with E-state index in [0.717, 1.165) is 5.56 Å². The average molecular weight is 587 g/mol. The molecule has 0 N–H and O–H groups in total. The molecule has 4 nitrogen and oxygen atoms in total. The van der Waals surface area contributed by atoms with Crippen LogP contribution >= 0.6 is 65.8 Å². The molecular weight excluding hydrogens is 568 g/mol. The zero-order valence-corrected chi connectivity index (χ0v) is 23.4. The Morgan fingerprint density at radius 3 is 2.19 bits per heavy atom. The van der Waals surface area contributed by atoms with Crippen molar-refractivity contribution in [3.05, 3.63) is 27.2 Å². The van der Waals surface area contributed by atoms with Gasteiger partial charge in [0.1, 0.15) is 5.02 Å². The van der Waals surface area contributed by atoms with Gasteiger partial charge in [0.2, 0.25) is 0 Å². The van der Waals surface area contributed by atoms with Crippen LogP contribution in [-0.4, -0.2) is 34.1 Å². The van der Waals surface area contributed by atoms with Crippen LogP contribution in [0.1, 0.15) is 19.4 Å². The summed E-state index contributed by atoms with van der Waals surface area (Å²) in [6.45, 7) is 5.65. The Balaban J connectivity index is 2.96. The lowest BCUT2D eigenvalue weighted by atomic mass is 10.2. The molecule has 1 saturated heterocycles. The van der Waals surface area contributed by atoms with E-state index in [0.29, 0.717) is 26.7 Å². The first-order chi connectivity index (χ1) is 12.6. The van der Waals surface area contributed by atoms with E-state index >= 15 is 0 Å². The molecule has 0 amide bonds. The van der Waals surface area contributed by atoms with Crippen LogP contribution < -0.4 is 4.31 Å². The molecular formula is C14H19BrClNO3P2S5. The van der Waals surface area contributed by atoms with Crippen molar-refractivity contribution in [2.75, 3.05) is 15.8 Å². The number of nitrogens with zero attached hydrogens (tertiary/aromatic N) is 1. The highest BCUT2D eigenvalue weighted by Crippen LogP contribution is 2.66. The lowest BCUT2D eigenvalue weighted by Crippen LogP contribution is -2.48. The van der Waals surface area contributed by atoms with Crippen LogP contribution in [0, 0.1) is 6.92 Å². The minimum absolute atomic E-state index is 0.337. The van der Waals surface area contributed by atoms with Crippen molar-refractivity contribution in [1.29, 1.82) is 0 Å². The Labute approximate surface area is 194 Å². The molecule has 27 heavy (non-hydrogen) atoms. The molecule has 1 aliphatic rings. The Morgan fingerprint density at radius 2 is 1.74 bits per heavy atom. The smallest absolute Gasteiger partial charge is 0.277 e. The van der Waals surface area contributed by atoms with E-state index in [4.69, 9.17) is 35.2 Å². The molecule has 0 bridgehead atoms. The molecule has 152 valence electrons. The Kier molecular flexibility index (Phi) is 8.47. The van der Waals surface area contributed by atoms with Gasteiger partial charge in [-0.1, -0.05) is 31.5 Å². The third kappa shape index (κ3) is 3.67. The number of rotatable bonds is 7. The number of halogens is 2. The predicted molar refractivity (Wildman–Crippen MR) is 136 cm³/mol. The highest BCUT2D eigenvalue weighted by molar-refractivity contribution is 9.10. The second-order valence-electron chi connectivity index (χ2n) is 5.63. The number of aryl methyl sites for hydroxylation is 1. The summed E-state index contributed by atoms with van der Waals surface area (Å²) < 4.78 is 27.2. The lowest BCUT2D eigenvalue weighted by molar-refractivity contribution is -0.111. The zero-order valence-electron chi connectivity index (χ0n) is 14.7. The van der Waals surface area contributed by atoms with Gasteiger partial charge in [0, 0.05) is 0 Å². The molecule has 2 atom stereocenters. The summed E-state index contributed by atoms with van der Waals surface area (Å²) in [6, 6.07) is 3.41. The third-order valence-electron chi connectivity index (χ3n) is 4.14. The van der Waals surface area contributed by atoms with Gasteiger partial charge in [0.25, 0.3) is 5.12 Å². The standard InChI is InChI=1S/C14H19BrClNO3P2S5/c1-4-25-13(26-5-2)12(18)27(19,20)17(14(13,21-23)22-24)9-7-6-8(3)11(16)10(9)15/h6-7H,4-5,21-22H2,1-3H3. The maximum absolute atomic E-state index is 13.4. The van der Waals surface area contributed by atoms with E-state index in [2.05, 4.69) is 15.9 Å². The Hall–Kier alpha value is 1.41. The fourth-order valence-corrected chi connectivity index (χ4v) is 18.6. The average Bonchev–Trinajstić information content (AvgIpc) is 2.77. The summed E-state index contributed by atoms with van der Waals surface area (Å²) in [5, 5.41) is -1.46. The Bertz CT molecular complexity index is 900. The summed E-state index contributed by atoms with van der Waals surface area (Å²) in [5.74, 6) is 1.17. The number of thioether (sulfide) groups is 2. The van der Waals surface area contributed by atoms with E-state index in [1.54, 1.807) is 12.1 Å². The normalized spacial score (nSPS) is 24.6. The van der Waals surface area contributed by atoms with Crippen LogP contribution in [0.15, 0.2) is 16.6 Å². The van der Waals surface area contributed by atoms with Crippen LogP contribution in [0.4, 0.5) is 5.69 Å². The first kappa shape index (κ1) is 24.7. The van der Waals surface area contributed by atoms with E-state index < -0.39 is 39.0 Å². The van der Waals surface area contributed by atoms with Crippen molar-refractivity contribution >= 4 is 110 Å². The molecule has 1 aromatic rings. The van der Waals surface area contributed by atoms with Crippen molar-refractivity contribution in [2.45, 2.75) is 29.9 Å². The van der Waals surface area contributed by atoms with E-state index in [9.17, 15) is 13.2 Å². The van der Waals surface area contributed by atoms with Crippen LogP contribution in [-0.2, 0) is 38.4 Å². The maximum atomic E-state index is 13.4. The predicted octanol–water partition coefficient (Wildman–Crippen LogP) is 4.69. The van der Waals surface area contributed by atoms with Crippen LogP contribution in [0.3, 0.4) is 0 Å². The third-order valence-corrected chi connectivity index (χ3v) is 18.7. The minimum atomic E-state index is -4.28. The SMILES string of the molecule is CCSC1(SCC)C(=O)S(=O)(=O)N(c2ccc(C)c(Cl)c2Br)C1([PH2]=S)[PH2]=S. The summed E-state index contributed by atoms with van der Waals surface area (Å²) in [4.78, 5) is 13.3. The monoisotopic (exact) mass is 585 g/mol. The first-order valence-electron chi connectivity index (χ1n) is 7.86. The molecule has 0 aromatic heterocycles. The topological polar surface area (TPSA) is 54.5 Å². The van der Waals surface area contributed by atoms with Crippen LogP contribution in [0.2, 0.25) is 5.02 Å². The van der Waals surface area contributed by atoms with Gasteiger partial charge in [-0.15, -0.1) is 47.1 Å². The fourth-order valence-electron chi connectivity index (χ4n) is 2.95. The number of anilines is 1. The van der Waals surface area contributed by atoms with Crippen molar-refractivity contribution < 1.29 is 13.2 Å². The van der Waals surface area contributed by atoms with Crippen LogP contribution in [0.5, 0.6) is 0 Å². The number of benzene rings is 1. The van der Waals surface area contributed by atoms with Crippen molar-refractivity contribution in [1.82, 2.24) is 0 Å². The van der Waals surface area contributed by atoms with Crippen molar-refractivity contribution in [2.24, 2.45) is 0 Å². The van der Waals surface area contributed by atoms with Gasteiger partial charge in [0.05, 0.1) is 15.2 Å². The van der Waals surface area contributed by atoms with Gasteiger partial charge in [0.15, 0.2) is 4.08 Å². The zero-order chi connectivity index (χ0) is 20.6. The molecule has 13 heteroatoms. The molecule has 2 unspecified atom stereocenters. The van der Waals surface area contributed by atoms with E-state index in [1.807, 2.05) is 20.8 Å². The second-order valence-corrected chi connectivity index (χ2v) is 16.0. The van der Waals surface area contributed by atoms with Gasteiger partial charge >= 0.3 is 10.0 Å². The number of carbonyl (C=O) groups excluding carboxylic acids is 1. The van der Waals surface area contributed by atoms with Crippen molar-refractivity contribution in [3.8, 4) is 0 Å². The fraction of sp³-hybridized carbons (Fsp3) is 0.500. The molecule has 0 saturated carbocycles. The summed E-state index contributed by atoms with van der Waals surface area (Å²) in [6.07, 6.45) is 0. The first-order valence-corrected chi connectivity index (χ1v) is 17.4. The molecule has 1 aliphatic heterocycles. The maximum Gasteiger partial charge on any atom is 0.302 e. The summed E-state index contributed by atoms with van der Waals surface area (Å²) in [5.41, 5.74) is 1.14. The largest absolute Gasteiger partial charge is 0.302 e. The summed E-state index contributed by atoms with van der Waals surface area (Å²) >= 11 is 23.5. The molecule has 0 radical (unpaired) electrons. The van der Waals surface area contributed by atoms with Gasteiger partial charge in [-0.3, -0.25) is 4.79 Å². The molecule has 0 spiro atoms. The highest BCUT2D eigenvalue weighted by atomic mass is 79.9. The summed E-state index contributed by atoms with van der Waals surface area (Å²) in [7, 11) is -6.00. The van der Waals surface area contributed by atoms with Gasteiger partial charge in [-0.25, -0.2) is 4.31 Å². The number of hydrogen-bond acceptors (Lipinski definition) is 7. The highest BCUT2D eigenvalue weighted by Gasteiger charge is 2.71. The van der Waals surface area contributed by atoms with Gasteiger partial charge in [-0.2, -0.15) is 8.42 Å². The molecule has 0 aliphatic carbocycles. The minimum Gasteiger partial charge on any atom is -0.277 e. The number of hydrogen-bond donors (Lipinski definition) is 0. The van der Waals surface area contributed by atoms with E-state index in [-0.39, 0.29) is 0 Å². The second kappa shape index (κ2) is 9.27. The van der Waals surface area contributed by atoms with Crippen molar-refractivity contribution in [3.63, 3.8) is 0 Å². The quantitative estimate of drug-likeness (QED) is 0.340.